The molecule has 1 aromatic heterocycles. The number of aryl methyl sites for hydroxylation is 2. The van der Waals surface area contributed by atoms with E-state index in [4.69, 9.17) is 0 Å². The van der Waals surface area contributed by atoms with Crippen molar-refractivity contribution in [1.82, 2.24) is 10.2 Å². The lowest BCUT2D eigenvalue weighted by Crippen LogP contribution is -2.18. The van der Waals surface area contributed by atoms with Gasteiger partial charge in [0.05, 0.1) is 11.3 Å². The van der Waals surface area contributed by atoms with Crippen molar-refractivity contribution in [1.29, 1.82) is 0 Å². The largest absolute Gasteiger partial charge is 0.325 e. The quantitative estimate of drug-likeness (QED) is 0.651. The number of hydrogen-bond acceptors (Lipinski definition) is 5. The lowest BCUT2D eigenvalue weighted by atomic mass is 10.1. The molecule has 0 fully saturated rings. The Morgan fingerprint density at radius 1 is 0.963 bits per heavy atom. The Hall–Kier alpha value is -3.06. The Bertz CT molecular complexity index is 924. The van der Waals surface area contributed by atoms with Gasteiger partial charge >= 0.3 is 0 Å². The fraction of sp³-hybridized carbons (Fsp3) is 0.200. The molecule has 0 aliphatic carbocycles. The summed E-state index contributed by atoms with van der Waals surface area (Å²) in [4.78, 5) is 24.9. The molecule has 0 aliphatic heterocycles. The van der Waals surface area contributed by atoms with Crippen molar-refractivity contribution in [3.05, 3.63) is 70.7 Å². The van der Waals surface area contributed by atoms with Crippen LogP contribution in [-0.4, -0.2) is 22.0 Å². The highest BCUT2D eigenvalue weighted by atomic mass is 32.1. The Morgan fingerprint density at radius 2 is 1.70 bits per heavy atom. The van der Waals surface area contributed by atoms with Crippen LogP contribution < -0.4 is 10.6 Å². The van der Waals surface area contributed by atoms with Gasteiger partial charge in [-0.2, -0.15) is 0 Å². The minimum atomic E-state index is -0.326. The number of nitrogens with zero attached hydrogens (tertiary/aromatic N) is 2. The fourth-order valence-electron chi connectivity index (χ4n) is 2.52. The van der Waals surface area contributed by atoms with E-state index >= 15 is 0 Å². The monoisotopic (exact) mass is 380 g/mol. The van der Waals surface area contributed by atoms with E-state index in [0.717, 1.165) is 17.0 Å². The van der Waals surface area contributed by atoms with E-state index in [2.05, 4.69) is 20.8 Å². The third-order valence-electron chi connectivity index (χ3n) is 3.92. The van der Waals surface area contributed by atoms with Gasteiger partial charge in [0, 0.05) is 6.42 Å². The second kappa shape index (κ2) is 9.05. The zero-order valence-corrected chi connectivity index (χ0v) is 15.8. The molecule has 27 heavy (non-hydrogen) atoms. The van der Waals surface area contributed by atoms with E-state index < -0.39 is 0 Å². The van der Waals surface area contributed by atoms with Crippen LogP contribution in [0.2, 0.25) is 0 Å². The van der Waals surface area contributed by atoms with Crippen LogP contribution in [0.25, 0.3) is 0 Å². The number of anilines is 2. The van der Waals surface area contributed by atoms with Gasteiger partial charge in [-0.15, -0.1) is 10.2 Å². The normalized spacial score (nSPS) is 10.4. The van der Waals surface area contributed by atoms with E-state index in [1.54, 1.807) is 24.3 Å². The Labute approximate surface area is 161 Å². The van der Waals surface area contributed by atoms with Gasteiger partial charge in [0.1, 0.15) is 5.01 Å². The van der Waals surface area contributed by atoms with Crippen LogP contribution in [-0.2, 0) is 17.6 Å². The van der Waals surface area contributed by atoms with Crippen molar-refractivity contribution in [3.8, 4) is 0 Å². The topological polar surface area (TPSA) is 84.0 Å². The molecule has 6 nitrogen and oxygen atoms in total. The van der Waals surface area contributed by atoms with Crippen LogP contribution in [0.4, 0.5) is 10.8 Å². The third-order valence-corrected chi connectivity index (χ3v) is 4.90. The van der Waals surface area contributed by atoms with Crippen molar-refractivity contribution in [2.45, 2.75) is 26.2 Å². The summed E-state index contributed by atoms with van der Waals surface area (Å²) in [6.45, 7) is 1.98. The lowest BCUT2D eigenvalue weighted by Gasteiger charge is -2.10. The number of benzene rings is 2. The number of nitrogens with one attached hydrogen (secondary N) is 2. The van der Waals surface area contributed by atoms with Gasteiger partial charge < -0.3 is 5.32 Å². The maximum Gasteiger partial charge on any atom is 0.259 e. The van der Waals surface area contributed by atoms with Gasteiger partial charge in [0.15, 0.2) is 0 Å². The first-order valence-corrected chi connectivity index (χ1v) is 9.54. The standard InChI is InChI=1S/C20H20N4O2S/c1-2-18-23-24-20(27-18)22-19(26)15-10-6-7-11-16(15)21-17(25)13-12-14-8-4-3-5-9-14/h3-11H,2,12-13H2,1H3,(H,21,25)(H,22,24,26). The predicted octanol–water partition coefficient (Wildman–Crippen LogP) is 3.92. The summed E-state index contributed by atoms with van der Waals surface area (Å²) in [5, 5.41) is 14.8. The smallest absolute Gasteiger partial charge is 0.259 e. The second-order valence-corrected chi connectivity index (χ2v) is 6.95. The van der Waals surface area contributed by atoms with Crippen LogP contribution in [0, 0.1) is 0 Å². The molecule has 2 amide bonds. The molecule has 138 valence electrons. The Morgan fingerprint density at radius 3 is 2.44 bits per heavy atom. The molecule has 3 aromatic rings. The predicted molar refractivity (Wildman–Crippen MR) is 107 cm³/mol. The molecule has 2 N–H and O–H groups in total. The molecule has 0 aliphatic rings. The summed E-state index contributed by atoms with van der Waals surface area (Å²) in [5.41, 5.74) is 1.97. The van der Waals surface area contributed by atoms with Crippen LogP contribution in [0.15, 0.2) is 54.6 Å². The van der Waals surface area contributed by atoms with E-state index in [1.165, 1.54) is 11.3 Å². The highest BCUT2D eigenvalue weighted by Crippen LogP contribution is 2.20. The van der Waals surface area contributed by atoms with Gasteiger partial charge in [-0.25, -0.2) is 0 Å². The third kappa shape index (κ3) is 5.21. The van der Waals surface area contributed by atoms with Crippen LogP contribution in [0.5, 0.6) is 0 Å². The number of carbonyl (C=O) groups excluding carboxylic acids is 2. The summed E-state index contributed by atoms with van der Waals surface area (Å²) < 4.78 is 0. The van der Waals surface area contributed by atoms with Gasteiger partial charge in [0.25, 0.3) is 5.91 Å². The van der Waals surface area contributed by atoms with E-state index in [-0.39, 0.29) is 11.8 Å². The molecular formula is C20H20N4O2S. The summed E-state index contributed by atoms with van der Waals surface area (Å²) >= 11 is 1.34. The average Bonchev–Trinajstić information content (AvgIpc) is 3.15. The van der Waals surface area contributed by atoms with E-state index in [9.17, 15) is 9.59 Å². The van der Waals surface area contributed by atoms with Crippen molar-refractivity contribution in [2.75, 3.05) is 10.6 Å². The summed E-state index contributed by atoms with van der Waals surface area (Å²) in [7, 11) is 0. The zero-order valence-electron chi connectivity index (χ0n) is 14.9. The van der Waals surface area contributed by atoms with E-state index in [1.807, 2.05) is 37.3 Å². The minimum absolute atomic E-state index is 0.136. The van der Waals surface area contributed by atoms with Gasteiger partial charge in [-0.1, -0.05) is 60.7 Å². The van der Waals surface area contributed by atoms with Gasteiger partial charge in [-0.3, -0.25) is 14.9 Å². The van der Waals surface area contributed by atoms with Crippen LogP contribution in [0.3, 0.4) is 0 Å². The summed E-state index contributed by atoms with van der Waals surface area (Å²) in [6.07, 6.45) is 1.75. The molecule has 2 aromatic carbocycles. The van der Waals surface area contributed by atoms with Crippen LogP contribution in [0.1, 0.15) is 34.3 Å². The fourth-order valence-corrected chi connectivity index (χ4v) is 3.19. The first-order valence-electron chi connectivity index (χ1n) is 8.72. The first kappa shape index (κ1) is 18.7. The number of hydrogen-bond donors (Lipinski definition) is 2. The van der Waals surface area contributed by atoms with Crippen molar-refractivity contribution in [3.63, 3.8) is 0 Å². The second-order valence-electron chi connectivity index (χ2n) is 5.89. The van der Waals surface area contributed by atoms with Crippen molar-refractivity contribution in [2.24, 2.45) is 0 Å². The van der Waals surface area contributed by atoms with Gasteiger partial charge in [0.2, 0.25) is 11.0 Å². The molecule has 0 spiro atoms. The van der Waals surface area contributed by atoms with Crippen molar-refractivity contribution < 1.29 is 9.59 Å². The molecule has 0 saturated carbocycles. The highest BCUT2D eigenvalue weighted by Gasteiger charge is 2.15. The number of amides is 2. The molecule has 0 atom stereocenters. The highest BCUT2D eigenvalue weighted by molar-refractivity contribution is 7.15. The lowest BCUT2D eigenvalue weighted by molar-refractivity contribution is -0.116. The average molecular weight is 380 g/mol. The van der Waals surface area contributed by atoms with Crippen molar-refractivity contribution >= 4 is 34.0 Å². The molecule has 0 unspecified atom stereocenters. The molecule has 0 bridgehead atoms. The SMILES string of the molecule is CCc1nnc(NC(=O)c2ccccc2NC(=O)CCc2ccccc2)s1. The number of aromatic nitrogens is 2. The maximum absolute atomic E-state index is 12.6. The Kier molecular flexibility index (Phi) is 6.27. The zero-order chi connectivity index (χ0) is 19.1. The molecular weight excluding hydrogens is 360 g/mol. The molecule has 7 heteroatoms. The van der Waals surface area contributed by atoms with Crippen LogP contribution >= 0.6 is 11.3 Å². The van der Waals surface area contributed by atoms with Gasteiger partial charge in [-0.05, 0) is 30.5 Å². The molecule has 3 rings (SSSR count). The number of rotatable bonds is 7. The first-order chi connectivity index (χ1) is 13.2. The summed E-state index contributed by atoms with van der Waals surface area (Å²) in [5.74, 6) is -0.462. The van der Waals surface area contributed by atoms with E-state index in [0.29, 0.717) is 29.2 Å². The number of carbonyl (C=O) groups is 2. The summed E-state index contributed by atoms with van der Waals surface area (Å²) in [6, 6.07) is 16.7. The molecule has 1 heterocycles. The minimum Gasteiger partial charge on any atom is -0.325 e. The number of para-hydroxylation sites is 1. The maximum atomic E-state index is 12.6. The Balaban J connectivity index is 1.64. The molecule has 0 radical (unpaired) electrons. The molecule has 0 saturated heterocycles.